The van der Waals surface area contributed by atoms with E-state index < -0.39 is 11.9 Å². The van der Waals surface area contributed by atoms with Crippen LogP contribution in [-0.4, -0.2) is 39.9 Å². The Morgan fingerprint density at radius 3 is 2.88 bits per heavy atom. The molecule has 0 aliphatic carbocycles. The Balaban J connectivity index is 1.83. The molecule has 3 amide bonds. The van der Waals surface area contributed by atoms with Gasteiger partial charge in [-0.05, 0) is 31.0 Å². The number of nitrogens with zero attached hydrogens (tertiary/aromatic N) is 2. The molecule has 0 fully saturated rings. The molecule has 3 N–H and O–H groups in total. The Morgan fingerprint density at radius 1 is 1.33 bits per heavy atom. The molecule has 1 aromatic heterocycles. The van der Waals surface area contributed by atoms with Crippen molar-refractivity contribution < 1.29 is 14.3 Å². The molecule has 2 aromatic rings. The van der Waals surface area contributed by atoms with Crippen LogP contribution in [0, 0.1) is 13.8 Å². The molecular formula is C15H19N5O3S. The molecule has 9 heteroatoms. The first kappa shape index (κ1) is 17.8. The fraction of sp³-hybridized carbons (Fsp3) is 0.333. The number of ether oxygens (including phenoxy) is 1. The number of carbonyl (C=O) groups excluding carboxylic acids is 2. The van der Waals surface area contributed by atoms with Gasteiger partial charge >= 0.3 is 6.03 Å². The van der Waals surface area contributed by atoms with Gasteiger partial charge in [-0.1, -0.05) is 23.9 Å². The van der Waals surface area contributed by atoms with Gasteiger partial charge in [-0.15, -0.1) is 5.10 Å². The number of urea groups is 1. The number of hydrogen-bond acceptors (Lipinski definition) is 6. The van der Waals surface area contributed by atoms with Gasteiger partial charge in [0.1, 0.15) is 12.4 Å². The lowest BCUT2D eigenvalue weighted by molar-refractivity contribution is -0.117. The maximum Gasteiger partial charge on any atom is 0.321 e. The van der Waals surface area contributed by atoms with Gasteiger partial charge in [0.2, 0.25) is 11.1 Å². The third-order valence-electron chi connectivity index (χ3n) is 3.03. The Morgan fingerprint density at radius 2 is 2.12 bits per heavy atom. The van der Waals surface area contributed by atoms with Crippen molar-refractivity contribution in [1.82, 2.24) is 25.8 Å². The maximum atomic E-state index is 11.5. The van der Waals surface area contributed by atoms with E-state index in [4.69, 9.17) is 4.74 Å². The fourth-order valence-corrected chi connectivity index (χ4v) is 2.39. The molecule has 1 heterocycles. The van der Waals surface area contributed by atoms with E-state index in [2.05, 4.69) is 25.8 Å². The van der Waals surface area contributed by atoms with Crippen LogP contribution in [-0.2, 0) is 11.4 Å². The zero-order valence-electron chi connectivity index (χ0n) is 13.7. The van der Waals surface area contributed by atoms with Gasteiger partial charge in [-0.3, -0.25) is 15.2 Å². The third kappa shape index (κ3) is 5.27. The summed E-state index contributed by atoms with van der Waals surface area (Å²) < 4.78 is 5.73. The van der Waals surface area contributed by atoms with Crippen LogP contribution < -0.4 is 15.4 Å². The Labute approximate surface area is 143 Å². The van der Waals surface area contributed by atoms with E-state index >= 15 is 0 Å². The molecule has 1 aromatic carbocycles. The topological polar surface area (TPSA) is 109 Å². The molecule has 0 atom stereocenters. The van der Waals surface area contributed by atoms with Gasteiger partial charge in [0, 0.05) is 7.05 Å². The molecule has 0 aliphatic heterocycles. The summed E-state index contributed by atoms with van der Waals surface area (Å²) in [6.45, 7) is 4.23. The van der Waals surface area contributed by atoms with E-state index in [1.807, 2.05) is 32.0 Å². The van der Waals surface area contributed by atoms with Gasteiger partial charge in [-0.2, -0.15) is 0 Å². The average molecular weight is 349 g/mol. The molecule has 2 rings (SSSR count). The second kappa shape index (κ2) is 8.34. The minimum atomic E-state index is -0.543. The minimum absolute atomic E-state index is 0.0442. The lowest BCUT2D eigenvalue weighted by Gasteiger charge is -2.08. The van der Waals surface area contributed by atoms with Crippen molar-refractivity contribution in [3.05, 3.63) is 35.2 Å². The normalized spacial score (nSPS) is 10.3. The molecule has 0 aliphatic rings. The molecule has 24 heavy (non-hydrogen) atoms. The molecular weight excluding hydrogens is 330 g/mol. The van der Waals surface area contributed by atoms with E-state index in [1.54, 1.807) is 0 Å². The van der Waals surface area contributed by atoms with Gasteiger partial charge in [0.15, 0.2) is 5.82 Å². The first-order valence-corrected chi connectivity index (χ1v) is 8.22. The summed E-state index contributed by atoms with van der Waals surface area (Å²) in [5.74, 6) is 0.982. The van der Waals surface area contributed by atoms with Crippen molar-refractivity contribution in [2.75, 3.05) is 12.8 Å². The van der Waals surface area contributed by atoms with Crippen LogP contribution in [0.15, 0.2) is 23.4 Å². The van der Waals surface area contributed by atoms with Gasteiger partial charge in [0.05, 0.1) is 5.75 Å². The monoisotopic (exact) mass is 349 g/mol. The number of aromatic nitrogens is 3. The number of nitrogens with one attached hydrogen (secondary N) is 3. The van der Waals surface area contributed by atoms with Crippen LogP contribution in [0.3, 0.4) is 0 Å². The van der Waals surface area contributed by atoms with Crippen LogP contribution in [0.5, 0.6) is 5.75 Å². The van der Waals surface area contributed by atoms with Crippen LogP contribution >= 0.6 is 11.8 Å². The zero-order chi connectivity index (χ0) is 17.5. The number of H-pyrrole nitrogens is 1. The highest BCUT2D eigenvalue weighted by molar-refractivity contribution is 7.99. The molecule has 0 radical (unpaired) electrons. The summed E-state index contributed by atoms with van der Waals surface area (Å²) in [5.41, 5.74) is 2.16. The van der Waals surface area contributed by atoms with Crippen LogP contribution in [0.4, 0.5) is 4.79 Å². The van der Waals surface area contributed by atoms with Crippen molar-refractivity contribution in [2.45, 2.75) is 25.6 Å². The van der Waals surface area contributed by atoms with Crippen molar-refractivity contribution in [3.8, 4) is 5.75 Å². The number of rotatable bonds is 6. The number of imide groups is 1. The number of benzene rings is 1. The summed E-state index contributed by atoms with van der Waals surface area (Å²) in [4.78, 5) is 26.7. The second-order valence-corrected chi connectivity index (χ2v) is 5.98. The lowest BCUT2D eigenvalue weighted by atomic mass is 10.1. The molecule has 0 saturated heterocycles. The second-order valence-electron chi connectivity index (χ2n) is 5.04. The summed E-state index contributed by atoms with van der Waals surface area (Å²) in [7, 11) is 1.44. The van der Waals surface area contributed by atoms with E-state index in [0.29, 0.717) is 11.0 Å². The highest BCUT2D eigenvalue weighted by atomic mass is 32.2. The quantitative estimate of drug-likeness (QED) is 0.683. The standard InChI is InChI=1S/C15H19N5O3S/c1-9-4-5-10(2)11(6-9)23-7-12-17-15(20-19-12)24-8-13(21)18-14(22)16-3/h4-6H,7-8H2,1-3H3,(H,17,19,20)(H2,16,18,21,22). The van der Waals surface area contributed by atoms with Crippen LogP contribution in [0.1, 0.15) is 17.0 Å². The molecule has 0 bridgehead atoms. The molecule has 0 spiro atoms. The van der Waals surface area contributed by atoms with Crippen LogP contribution in [0.25, 0.3) is 0 Å². The van der Waals surface area contributed by atoms with Gasteiger partial charge < -0.3 is 10.1 Å². The predicted octanol–water partition coefficient (Wildman–Crippen LogP) is 1.55. The number of carbonyl (C=O) groups is 2. The summed E-state index contributed by atoms with van der Waals surface area (Å²) >= 11 is 1.13. The average Bonchev–Trinajstić information content (AvgIpc) is 3.01. The van der Waals surface area contributed by atoms with E-state index in [1.165, 1.54) is 7.05 Å². The zero-order valence-corrected chi connectivity index (χ0v) is 14.5. The smallest absolute Gasteiger partial charge is 0.321 e. The molecule has 0 saturated carbocycles. The first-order chi connectivity index (χ1) is 11.5. The van der Waals surface area contributed by atoms with Crippen molar-refractivity contribution in [3.63, 3.8) is 0 Å². The van der Waals surface area contributed by atoms with Gasteiger partial charge in [0.25, 0.3) is 0 Å². The minimum Gasteiger partial charge on any atom is -0.485 e. The summed E-state index contributed by atoms with van der Waals surface area (Å²) in [6.07, 6.45) is 0. The fourth-order valence-electron chi connectivity index (χ4n) is 1.77. The number of hydrogen-bond donors (Lipinski definition) is 3. The SMILES string of the molecule is CNC(=O)NC(=O)CSc1n[nH]c(COc2cc(C)ccc2C)n1. The lowest BCUT2D eigenvalue weighted by Crippen LogP contribution is -2.38. The largest absolute Gasteiger partial charge is 0.485 e. The summed E-state index contributed by atoms with van der Waals surface area (Å²) in [6, 6.07) is 5.44. The Bertz CT molecular complexity index is 732. The van der Waals surface area contributed by atoms with E-state index in [0.717, 1.165) is 28.6 Å². The van der Waals surface area contributed by atoms with Crippen molar-refractivity contribution in [2.24, 2.45) is 0 Å². The number of aromatic amines is 1. The highest BCUT2D eigenvalue weighted by Crippen LogP contribution is 2.20. The predicted molar refractivity (Wildman–Crippen MR) is 90.0 cm³/mol. The molecule has 8 nitrogen and oxygen atoms in total. The maximum absolute atomic E-state index is 11.5. The van der Waals surface area contributed by atoms with E-state index in [9.17, 15) is 9.59 Å². The van der Waals surface area contributed by atoms with Crippen molar-refractivity contribution >= 4 is 23.7 Å². The van der Waals surface area contributed by atoms with Crippen LogP contribution in [0.2, 0.25) is 0 Å². The first-order valence-electron chi connectivity index (χ1n) is 7.23. The number of aryl methyl sites for hydroxylation is 2. The third-order valence-corrected chi connectivity index (χ3v) is 3.88. The summed E-state index contributed by atoms with van der Waals surface area (Å²) in [5, 5.41) is 11.7. The Kier molecular flexibility index (Phi) is 6.19. The molecule has 128 valence electrons. The molecule has 0 unspecified atom stereocenters. The highest BCUT2D eigenvalue weighted by Gasteiger charge is 2.10. The number of amides is 3. The van der Waals surface area contributed by atoms with E-state index in [-0.39, 0.29) is 12.4 Å². The number of thioether (sulfide) groups is 1. The Hall–Kier alpha value is -2.55. The van der Waals surface area contributed by atoms with Gasteiger partial charge in [-0.25, -0.2) is 9.78 Å². The van der Waals surface area contributed by atoms with Crippen molar-refractivity contribution in [1.29, 1.82) is 0 Å².